The second-order valence-corrected chi connectivity index (χ2v) is 5.63. The number of hydrogen-bond donors (Lipinski definition) is 1. The average Bonchev–Trinajstić information content (AvgIpc) is 2.87. The van der Waals surface area contributed by atoms with E-state index in [0.29, 0.717) is 5.92 Å². The maximum absolute atomic E-state index is 4.34. The Morgan fingerprint density at radius 3 is 2.63 bits per heavy atom. The van der Waals surface area contributed by atoms with Crippen LogP contribution < -0.4 is 5.32 Å². The van der Waals surface area contributed by atoms with Crippen molar-refractivity contribution in [2.75, 3.05) is 13.6 Å². The first-order chi connectivity index (χ1) is 9.22. The lowest BCUT2D eigenvalue weighted by Gasteiger charge is -2.16. The van der Waals surface area contributed by atoms with Gasteiger partial charge >= 0.3 is 0 Å². The molecule has 1 unspecified atom stereocenters. The predicted molar refractivity (Wildman–Crippen MR) is 82.4 cm³/mol. The van der Waals surface area contributed by atoms with E-state index in [0.717, 1.165) is 24.0 Å². The zero-order valence-electron chi connectivity index (χ0n) is 11.4. The molecule has 1 atom stereocenters. The van der Waals surface area contributed by atoms with Crippen molar-refractivity contribution in [1.29, 1.82) is 0 Å². The Morgan fingerprint density at radius 1 is 1.32 bits per heavy atom. The smallest absolute Gasteiger partial charge is 0.0521 e. The second-order valence-electron chi connectivity index (χ2n) is 4.71. The number of aryl methyl sites for hydroxylation is 1. The molecule has 1 heterocycles. The van der Waals surface area contributed by atoms with Gasteiger partial charge in [0.1, 0.15) is 0 Å². The Balaban J connectivity index is 2.13. The van der Waals surface area contributed by atoms with Crippen molar-refractivity contribution < 1.29 is 0 Å². The SMILES string of the molecule is CCn1cc(CC(CNC)c2ccc(Br)cc2)cn1. The van der Waals surface area contributed by atoms with Gasteiger partial charge in [0, 0.05) is 29.7 Å². The third-order valence-electron chi connectivity index (χ3n) is 3.28. The van der Waals surface area contributed by atoms with Gasteiger partial charge in [-0.1, -0.05) is 28.1 Å². The van der Waals surface area contributed by atoms with E-state index in [1.165, 1.54) is 11.1 Å². The van der Waals surface area contributed by atoms with Crippen molar-refractivity contribution in [2.45, 2.75) is 25.8 Å². The number of aromatic nitrogens is 2. The molecule has 0 aliphatic heterocycles. The van der Waals surface area contributed by atoms with Crippen molar-refractivity contribution >= 4 is 15.9 Å². The summed E-state index contributed by atoms with van der Waals surface area (Å²) < 4.78 is 3.10. The molecule has 2 rings (SSSR count). The molecular formula is C15H20BrN3. The highest BCUT2D eigenvalue weighted by Gasteiger charge is 2.12. The molecule has 0 bridgehead atoms. The number of hydrogen-bond acceptors (Lipinski definition) is 2. The Bertz CT molecular complexity index is 504. The lowest BCUT2D eigenvalue weighted by atomic mass is 9.93. The van der Waals surface area contributed by atoms with Gasteiger partial charge in [0.05, 0.1) is 6.20 Å². The highest BCUT2D eigenvalue weighted by Crippen LogP contribution is 2.22. The highest BCUT2D eigenvalue weighted by atomic mass is 79.9. The first kappa shape index (κ1) is 14.3. The third kappa shape index (κ3) is 3.91. The molecule has 4 heteroatoms. The van der Waals surface area contributed by atoms with Crippen molar-refractivity contribution in [2.24, 2.45) is 0 Å². The van der Waals surface area contributed by atoms with E-state index < -0.39 is 0 Å². The largest absolute Gasteiger partial charge is 0.319 e. The van der Waals surface area contributed by atoms with Crippen LogP contribution in [-0.2, 0) is 13.0 Å². The van der Waals surface area contributed by atoms with Crippen LogP contribution in [0.2, 0.25) is 0 Å². The number of nitrogens with zero attached hydrogens (tertiary/aromatic N) is 2. The standard InChI is InChI=1S/C15H20BrN3/c1-3-19-11-12(9-18-19)8-14(10-17-2)13-4-6-15(16)7-5-13/h4-7,9,11,14,17H,3,8,10H2,1-2H3. The topological polar surface area (TPSA) is 29.9 Å². The molecule has 1 aromatic heterocycles. The van der Waals surface area contributed by atoms with E-state index in [4.69, 9.17) is 0 Å². The fourth-order valence-corrected chi connectivity index (χ4v) is 2.52. The average molecular weight is 322 g/mol. The van der Waals surface area contributed by atoms with Crippen LogP contribution in [0.1, 0.15) is 24.0 Å². The number of halogens is 1. The summed E-state index contributed by atoms with van der Waals surface area (Å²) in [6.45, 7) is 4.00. The molecule has 0 fully saturated rings. The van der Waals surface area contributed by atoms with E-state index in [2.05, 4.69) is 63.7 Å². The quantitative estimate of drug-likeness (QED) is 0.885. The van der Waals surface area contributed by atoms with Crippen molar-refractivity contribution in [3.63, 3.8) is 0 Å². The van der Waals surface area contributed by atoms with Gasteiger partial charge in [-0.15, -0.1) is 0 Å². The maximum Gasteiger partial charge on any atom is 0.0521 e. The van der Waals surface area contributed by atoms with Gasteiger partial charge in [0.25, 0.3) is 0 Å². The van der Waals surface area contributed by atoms with Crippen LogP contribution in [-0.4, -0.2) is 23.4 Å². The Kier molecular flexibility index (Phi) is 5.16. The number of benzene rings is 1. The molecule has 3 nitrogen and oxygen atoms in total. The molecule has 19 heavy (non-hydrogen) atoms. The van der Waals surface area contributed by atoms with Crippen molar-refractivity contribution in [3.8, 4) is 0 Å². The minimum absolute atomic E-state index is 0.479. The zero-order valence-corrected chi connectivity index (χ0v) is 13.0. The van der Waals surface area contributed by atoms with E-state index in [9.17, 15) is 0 Å². The summed E-state index contributed by atoms with van der Waals surface area (Å²) in [6.07, 6.45) is 5.13. The van der Waals surface area contributed by atoms with Crippen LogP contribution in [0, 0.1) is 0 Å². The lowest BCUT2D eigenvalue weighted by Crippen LogP contribution is -2.19. The number of nitrogens with one attached hydrogen (secondary N) is 1. The molecule has 0 saturated heterocycles. The van der Waals surface area contributed by atoms with Crippen molar-refractivity contribution in [1.82, 2.24) is 15.1 Å². The van der Waals surface area contributed by atoms with Crippen LogP contribution in [0.3, 0.4) is 0 Å². The highest BCUT2D eigenvalue weighted by molar-refractivity contribution is 9.10. The van der Waals surface area contributed by atoms with Gasteiger partial charge < -0.3 is 5.32 Å². The molecule has 102 valence electrons. The molecule has 2 aromatic rings. The summed E-state index contributed by atoms with van der Waals surface area (Å²) in [6, 6.07) is 8.59. The zero-order chi connectivity index (χ0) is 13.7. The number of likely N-dealkylation sites (N-methyl/N-ethyl adjacent to an activating group) is 1. The van der Waals surface area contributed by atoms with Gasteiger partial charge in [0.15, 0.2) is 0 Å². The van der Waals surface area contributed by atoms with Gasteiger partial charge in [-0.05, 0) is 43.7 Å². The number of rotatable bonds is 6. The molecule has 1 N–H and O–H groups in total. The van der Waals surface area contributed by atoms with Crippen LogP contribution in [0.15, 0.2) is 41.1 Å². The maximum atomic E-state index is 4.34. The molecule has 0 saturated carbocycles. The Labute approximate surface area is 123 Å². The van der Waals surface area contributed by atoms with Crippen LogP contribution in [0.4, 0.5) is 0 Å². The fraction of sp³-hybridized carbons (Fsp3) is 0.400. The molecule has 0 aliphatic carbocycles. The van der Waals surface area contributed by atoms with E-state index in [1.54, 1.807) is 0 Å². The first-order valence-corrected chi connectivity index (χ1v) is 7.43. The summed E-state index contributed by atoms with van der Waals surface area (Å²) in [5.74, 6) is 0.479. The van der Waals surface area contributed by atoms with Gasteiger partial charge in [0.2, 0.25) is 0 Å². The molecule has 0 amide bonds. The van der Waals surface area contributed by atoms with E-state index >= 15 is 0 Å². The Hall–Kier alpha value is -1.13. The van der Waals surface area contributed by atoms with E-state index in [1.807, 2.05) is 17.9 Å². The van der Waals surface area contributed by atoms with Crippen LogP contribution in [0.5, 0.6) is 0 Å². The van der Waals surface area contributed by atoms with Gasteiger partial charge in [-0.25, -0.2) is 0 Å². The third-order valence-corrected chi connectivity index (χ3v) is 3.81. The minimum Gasteiger partial charge on any atom is -0.319 e. The normalized spacial score (nSPS) is 12.6. The summed E-state index contributed by atoms with van der Waals surface area (Å²) in [7, 11) is 2.00. The predicted octanol–water partition coefficient (Wildman–Crippen LogP) is 3.21. The molecule has 1 aromatic carbocycles. The molecular weight excluding hydrogens is 302 g/mol. The van der Waals surface area contributed by atoms with Crippen LogP contribution >= 0.6 is 15.9 Å². The summed E-state index contributed by atoms with van der Waals surface area (Å²) in [5, 5.41) is 7.63. The summed E-state index contributed by atoms with van der Waals surface area (Å²) in [4.78, 5) is 0. The van der Waals surface area contributed by atoms with Gasteiger partial charge in [-0.3, -0.25) is 4.68 Å². The monoisotopic (exact) mass is 321 g/mol. The molecule has 0 spiro atoms. The second kappa shape index (κ2) is 6.87. The molecule has 0 radical (unpaired) electrons. The van der Waals surface area contributed by atoms with Crippen molar-refractivity contribution in [3.05, 3.63) is 52.3 Å². The molecule has 0 aliphatic rings. The first-order valence-electron chi connectivity index (χ1n) is 6.64. The van der Waals surface area contributed by atoms with Crippen LogP contribution in [0.25, 0.3) is 0 Å². The Morgan fingerprint density at radius 2 is 2.05 bits per heavy atom. The van der Waals surface area contributed by atoms with E-state index in [-0.39, 0.29) is 0 Å². The lowest BCUT2D eigenvalue weighted by molar-refractivity contribution is 0.623. The fourth-order valence-electron chi connectivity index (χ4n) is 2.26. The summed E-state index contributed by atoms with van der Waals surface area (Å²) in [5.41, 5.74) is 2.66. The van der Waals surface area contributed by atoms with Gasteiger partial charge in [-0.2, -0.15) is 5.10 Å². The summed E-state index contributed by atoms with van der Waals surface area (Å²) >= 11 is 3.48. The minimum atomic E-state index is 0.479.